The maximum absolute atomic E-state index is 13.9. The molecule has 0 N–H and O–H groups in total. The molecule has 45 heavy (non-hydrogen) atoms. The summed E-state index contributed by atoms with van der Waals surface area (Å²) in [6.45, 7) is 8.55. The van der Waals surface area contributed by atoms with Crippen LogP contribution in [0.5, 0.6) is 5.75 Å². The normalized spacial score (nSPS) is 28.3. The minimum atomic E-state index is -0.556. The quantitative estimate of drug-likeness (QED) is 0.284. The number of unbranched alkanes of at least 4 members (excludes halogenated alkanes) is 1. The number of terminal acetylenes is 1. The molecule has 1 aliphatic heterocycles. The molecule has 5 aliphatic rings. The molecule has 4 fully saturated rings. The molecular weight excluding hydrogens is 560 g/mol. The van der Waals surface area contributed by atoms with Gasteiger partial charge in [-0.15, -0.1) is 6.42 Å². The molecule has 1 heterocycles. The first kappa shape index (κ1) is 31.5. The number of rotatable bonds is 8. The number of carbonyl (C=O) groups excluding carboxylic acids is 2. The fourth-order valence-electron chi connectivity index (χ4n) is 9.37. The van der Waals surface area contributed by atoms with Crippen molar-refractivity contribution in [1.29, 1.82) is 0 Å². The molecule has 240 valence electrons. The Morgan fingerprint density at radius 1 is 1.02 bits per heavy atom. The molecule has 2 amide bonds. The Bertz CT molecular complexity index is 1410. The Morgan fingerprint density at radius 2 is 1.67 bits per heavy atom. The summed E-state index contributed by atoms with van der Waals surface area (Å²) in [7, 11) is 1.69. The van der Waals surface area contributed by atoms with Crippen LogP contribution in [0.15, 0.2) is 42.5 Å². The Labute approximate surface area is 269 Å². The van der Waals surface area contributed by atoms with Gasteiger partial charge in [0.05, 0.1) is 13.2 Å². The van der Waals surface area contributed by atoms with E-state index in [1.165, 1.54) is 24.8 Å². The second-order valence-electron chi connectivity index (χ2n) is 15.3. The molecule has 2 atom stereocenters. The minimum Gasteiger partial charge on any atom is -0.497 e. The smallest absolute Gasteiger partial charge is 0.411 e. The van der Waals surface area contributed by atoms with Gasteiger partial charge in [-0.1, -0.05) is 50.1 Å². The molecule has 0 aromatic heterocycles. The van der Waals surface area contributed by atoms with Gasteiger partial charge in [-0.25, -0.2) is 4.79 Å². The van der Waals surface area contributed by atoms with E-state index in [4.69, 9.17) is 15.9 Å². The number of carbonyl (C=O) groups is 2. The van der Waals surface area contributed by atoms with Crippen molar-refractivity contribution < 1.29 is 19.1 Å². The van der Waals surface area contributed by atoms with E-state index in [1.54, 1.807) is 7.11 Å². The molecular formula is C39H50N2O4. The van der Waals surface area contributed by atoms with Crippen LogP contribution in [0, 0.1) is 30.1 Å². The van der Waals surface area contributed by atoms with Crippen molar-refractivity contribution in [3.63, 3.8) is 0 Å². The van der Waals surface area contributed by atoms with Crippen LogP contribution >= 0.6 is 0 Å². The van der Waals surface area contributed by atoms with E-state index in [0.29, 0.717) is 24.3 Å². The highest BCUT2D eigenvalue weighted by Crippen LogP contribution is 2.58. The summed E-state index contributed by atoms with van der Waals surface area (Å²) in [6, 6.07) is 14.4. The third kappa shape index (κ3) is 6.33. The molecule has 4 aliphatic carbocycles. The average molecular weight is 611 g/mol. The van der Waals surface area contributed by atoms with Crippen LogP contribution in [0.2, 0.25) is 0 Å². The Kier molecular flexibility index (Phi) is 8.67. The van der Waals surface area contributed by atoms with Crippen molar-refractivity contribution in [3.05, 3.63) is 64.7 Å². The molecule has 0 spiro atoms. The standard InChI is InChI=1S/C39H50N2O4/c1-7-9-10-32-20-31-21-33(44-6)15-16-34(31)36(41(32)35(42)8-2)30-13-11-26(12-14-30)25-40(37(43)45-38(3,4)5)39-22-27-17-28(23-39)19-29(18-27)24-39/h2,11-16,21,27-29,32,36H,7,9-10,17-20,22-25H2,1,3-6H3/t27?,28?,29?,32-,36-,39?/m0/s1. The van der Waals surface area contributed by atoms with Gasteiger partial charge in [0.1, 0.15) is 11.4 Å². The number of amides is 2. The monoisotopic (exact) mass is 610 g/mol. The first-order valence-corrected chi connectivity index (χ1v) is 17.1. The van der Waals surface area contributed by atoms with Crippen molar-refractivity contribution in [2.24, 2.45) is 17.8 Å². The average Bonchev–Trinajstić information content (AvgIpc) is 2.99. The summed E-state index contributed by atoms with van der Waals surface area (Å²) in [5.41, 5.74) is 3.70. The lowest BCUT2D eigenvalue weighted by Crippen LogP contribution is -2.61. The van der Waals surface area contributed by atoms with Crippen LogP contribution in [0.3, 0.4) is 0 Å². The number of ether oxygens (including phenoxy) is 2. The van der Waals surface area contributed by atoms with Gasteiger partial charge < -0.3 is 14.4 Å². The van der Waals surface area contributed by atoms with E-state index in [9.17, 15) is 9.59 Å². The molecule has 4 bridgehead atoms. The van der Waals surface area contributed by atoms with Crippen molar-refractivity contribution in [1.82, 2.24) is 9.80 Å². The number of hydrogen-bond donors (Lipinski definition) is 0. The predicted octanol–water partition coefficient (Wildman–Crippen LogP) is 8.07. The second kappa shape index (κ2) is 12.4. The zero-order valence-electron chi connectivity index (χ0n) is 27.8. The molecule has 6 nitrogen and oxygen atoms in total. The summed E-state index contributed by atoms with van der Waals surface area (Å²) in [6.07, 6.45) is 16.5. The first-order chi connectivity index (χ1) is 21.5. The van der Waals surface area contributed by atoms with Crippen LogP contribution in [-0.4, -0.2) is 46.1 Å². The Hall–Kier alpha value is -3.46. The first-order valence-electron chi connectivity index (χ1n) is 17.1. The van der Waals surface area contributed by atoms with E-state index in [0.717, 1.165) is 67.4 Å². The molecule has 0 radical (unpaired) electrons. The lowest BCUT2D eigenvalue weighted by atomic mass is 9.52. The van der Waals surface area contributed by atoms with Crippen molar-refractivity contribution in [3.8, 4) is 18.1 Å². The summed E-state index contributed by atoms with van der Waals surface area (Å²) in [5.74, 6) is 5.13. The molecule has 6 heteroatoms. The van der Waals surface area contributed by atoms with Gasteiger partial charge in [-0.2, -0.15) is 0 Å². The Morgan fingerprint density at radius 3 is 2.22 bits per heavy atom. The highest BCUT2D eigenvalue weighted by atomic mass is 16.6. The van der Waals surface area contributed by atoms with Gasteiger partial charge in [0.25, 0.3) is 5.91 Å². The van der Waals surface area contributed by atoms with Crippen LogP contribution < -0.4 is 4.74 Å². The lowest BCUT2D eigenvalue weighted by Gasteiger charge is -2.60. The van der Waals surface area contributed by atoms with Crippen LogP contribution in [0.4, 0.5) is 4.79 Å². The number of fused-ring (bicyclic) bond motifs is 1. The van der Waals surface area contributed by atoms with E-state index in [-0.39, 0.29) is 29.6 Å². The van der Waals surface area contributed by atoms with Crippen LogP contribution in [0.1, 0.15) is 114 Å². The number of benzene rings is 2. The van der Waals surface area contributed by atoms with Crippen LogP contribution in [0.25, 0.3) is 0 Å². The summed E-state index contributed by atoms with van der Waals surface area (Å²) in [4.78, 5) is 31.3. The third-order valence-corrected chi connectivity index (χ3v) is 10.8. The summed E-state index contributed by atoms with van der Waals surface area (Å²) >= 11 is 0. The largest absolute Gasteiger partial charge is 0.497 e. The van der Waals surface area contributed by atoms with Crippen molar-refractivity contribution in [2.75, 3.05) is 7.11 Å². The van der Waals surface area contributed by atoms with Gasteiger partial charge in [-0.3, -0.25) is 9.69 Å². The van der Waals surface area contributed by atoms with Gasteiger partial charge >= 0.3 is 6.09 Å². The number of methoxy groups -OCH3 is 1. The minimum absolute atomic E-state index is 0.0107. The van der Waals surface area contributed by atoms with E-state index >= 15 is 0 Å². The molecule has 2 aromatic rings. The Balaban J connectivity index is 1.33. The molecule has 0 saturated heterocycles. The summed E-state index contributed by atoms with van der Waals surface area (Å²) < 4.78 is 11.6. The van der Waals surface area contributed by atoms with Gasteiger partial charge in [0, 0.05) is 18.1 Å². The molecule has 4 saturated carbocycles. The van der Waals surface area contributed by atoms with E-state index in [2.05, 4.69) is 54.1 Å². The molecule has 7 rings (SSSR count). The van der Waals surface area contributed by atoms with E-state index < -0.39 is 5.60 Å². The fraction of sp³-hybridized carbons (Fsp3) is 0.590. The third-order valence-electron chi connectivity index (χ3n) is 10.8. The fourth-order valence-corrected chi connectivity index (χ4v) is 9.37. The van der Waals surface area contributed by atoms with Crippen LogP contribution in [-0.2, 0) is 22.5 Å². The van der Waals surface area contributed by atoms with Crippen molar-refractivity contribution in [2.45, 2.75) is 122 Å². The topological polar surface area (TPSA) is 59.1 Å². The summed E-state index contributed by atoms with van der Waals surface area (Å²) in [5, 5.41) is 0. The SMILES string of the molecule is C#CC(=O)N1[C@@H](CCCC)Cc2cc(OC)ccc2[C@@H]1c1ccc(CN(C(=O)OC(C)(C)C)C23CC4CC(CC(C4)C2)C3)cc1. The van der Waals surface area contributed by atoms with Crippen molar-refractivity contribution >= 4 is 12.0 Å². The number of nitrogens with zero attached hydrogens (tertiary/aromatic N) is 2. The maximum Gasteiger partial charge on any atom is 0.411 e. The second-order valence-corrected chi connectivity index (χ2v) is 15.3. The molecule has 0 unspecified atom stereocenters. The van der Waals surface area contributed by atoms with Gasteiger partial charge in [0.2, 0.25) is 0 Å². The maximum atomic E-state index is 13.9. The molecule has 2 aromatic carbocycles. The van der Waals surface area contributed by atoms with E-state index in [1.807, 2.05) is 31.7 Å². The highest BCUT2D eigenvalue weighted by Gasteiger charge is 2.55. The number of hydrogen-bond acceptors (Lipinski definition) is 4. The zero-order chi connectivity index (χ0) is 31.9. The zero-order valence-corrected chi connectivity index (χ0v) is 27.8. The highest BCUT2D eigenvalue weighted by molar-refractivity contribution is 5.94. The predicted molar refractivity (Wildman–Crippen MR) is 177 cm³/mol. The lowest BCUT2D eigenvalue weighted by molar-refractivity contribution is -0.130. The van der Waals surface area contributed by atoms with Gasteiger partial charge in [0.15, 0.2) is 0 Å². The van der Waals surface area contributed by atoms with Gasteiger partial charge in [-0.05, 0) is 130 Å².